The van der Waals surface area contributed by atoms with Crippen LogP contribution >= 0.6 is 35.1 Å². The number of hydrogen-bond donors (Lipinski definition) is 6. The van der Waals surface area contributed by atoms with Gasteiger partial charge in [-0.05, 0) is 40.6 Å². The molecular formula is C27H25ClN8O10S2. The lowest BCUT2D eigenvalue weighted by atomic mass is 10.0. The Morgan fingerprint density at radius 2 is 1.94 bits per heavy atom. The minimum absolute atomic E-state index is 0.0415. The molecule has 4 heterocycles. The van der Waals surface area contributed by atoms with Crippen LogP contribution in [0.1, 0.15) is 17.3 Å². The van der Waals surface area contributed by atoms with Crippen molar-refractivity contribution in [3.05, 3.63) is 68.2 Å². The van der Waals surface area contributed by atoms with Gasteiger partial charge < -0.3 is 35.7 Å². The highest BCUT2D eigenvalue weighted by molar-refractivity contribution is 8.01. The van der Waals surface area contributed by atoms with Crippen LogP contribution in [-0.4, -0.2) is 105 Å². The van der Waals surface area contributed by atoms with E-state index in [1.54, 1.807) is 6.92 Å². The number of carbonyl (C=O) groups is 5. The largest absolute Gasteiger partial charge is 0.508 e. The zero-order valence-electron chi connectivity index (χ0n) is 24.6. The summed E-state index contributed by atoms with van der Waals surface area (Å²) in [5, 5.41) is 43.9. The zero-order valence-corrected chi connectivity index (χ0v) is 27.0. The number of amides is 3. The number of nitrogens with one attached hydrogen (secondary N) is 3. The molecule has 0 aliphatic carbocycles. The Morgan fingerprint density at radius 3 is 2.62 bits per heavy atom. The van der Waals surface area contributed by atoms with Crippen LogP contribution in [-0.2, 0) is 30.5 Å². The highest BCUT2D eigenvalue weighted by Crippen LogP contribution is 2.41. The first-order valence-corrected chi connectivity index (χ1v) is 16.2. The lowest BCUT2D eigenvalue weighted by Crippen LogP contribution is -2.71. The molecule has 1 fully saturated rings. The van der Waals surface area contributed by atoms with E-state index in [0.717, 1.165) is 21.3 Å². The topological polar surface area (TPSA) is 259 Å². The summed E-state index contributed by atoms with van der Waals surface area (Å²) in [6.45, 7) is 0.410. The number of hydrogen-bond acceptors (Lipinski definition) is 13. The van der Waals surface area contributed by atoms with E-state index in [2.05, 4.69) is 31.1 Å². The van der Waals surface area contributed by atoms with Gasteiger partial charge in [-0.3, -0.25) is 28.9 Å². The average molecular weight is 721 g/mol. The van der Waals surface area contributed by atoms with Gasteiger partial charge in [0.05, 0.1) is 0 Å². The minimum Gasteiger partial charge on any atom is -0.508 e. The summed E-state index contributed by atoms with van der Waals surface area (Å²) in [4.78, 5) is 79.1. The Hall–Kier alpha value is -5.08. The number of fused-ring (bicyclic) bond motifs is 1. The van der Waals surface area contributed by atoms with E-state index in [4.69, 9.17) is 21.4 Å². The Bertz CT molecular complexity index is 1880. The first-order chi connectivity index (χ1) is 22.8. The molecule has 0 bridgehead atoms. The number of aromatic hydroxyl groups is 1. The predicted molar refractivity (Wildman–Crippen MR) is 167 cm³/mol. The van der Waals surface area contributed by atoms with Crippen LogP contribution in [0.25, 0.3) is 0 Å². The Kier molecular flexibility index (Phi) is 10.2. The number of β-lactam (4-membered cyclic amide) rings is 1. The Morgan fingerprint density at radius 1 is 1.21 bits per heavy atom. The lowest BCUT2D eigenvalue weighted by Gasteiger charge is -2.49. The van der Waals surface area contributed by atoms with Crippen LogP contribution in [0.5, 0.6) is 11.5 Å². The fraction of sp³-hybridized carbons (Fsp3) is 0.296. The van der Waals surface area contributed by atoms with Crippen molar-refractivity contribution in [3.63, 3.8) is 0 Å². The maximum Gasteiger partial charge on any atom is 0.352 e. The SMILES string of the molecule is Cc1[nH]cc(OCC(=O)NC(C(=O)NC2C(=O)N3C(C(=O)O)=C(CSc4nnnn4CC(=O)O)CS[C@@H]23)c2ccc(O)cc2)c(=O)c1Cl. The van der Waals surface area contributed by atoms with Gasteiger partial charge in [0.1, 0.15) is 40.5 Å². The molecule has 6 N–H and O–H groups in total. The van der Waals surface area contributed by atoms with Gasteiger partial charge in [0.25, 0.3) is 11.8 Å². The van der Waals surface area contributed by atoms with Crippen molar-refractivity contribution in [1.29, 1.82) is 0 Å². The molecule has 2 unspecified atom stereocenters. The standard InChI is InChI=1S/C27H25ClN8O10S2/c1-11-18(28)22(41)15(6-29-11)46-8-16(38)30-19(12-2-4-14(37)5-3-12)23(42)31-20-24(43)36-21(26(44)45)13(9-47-25(20)36)10-48-27-32-33-34-35(27)7-17(39)40/h2-6,19-20,25,37H,7-10H2,1H3,(H,29,41)(H,30,38)(H,31,42)(H,39,40)(H,44,45)/t19?,20?,25-/m0/s1. The van der Waals surface area contributed by atoms with E-state index < -0.39 is 65.7 Å². The third-order valence-corrected chi connectivity index (χ3v) is 9.87. The van der Waals surface area contributed by atoms with Crippen molar-refractivity contribution >= 4 is 64.8 Å². The van der Waals surface area contributed by atoms with E-state index in [-0.39, 0.29) is 44.4 Å². The molecule has 2 aliphatic rings. The van der Waals surface area contributed by atoms with Gasteiger partial charge in [0.2, 0.25) is 16.5 Å². The van der Waals surface area contributed by atoms with Crippen LogP contribution in [0.15, 0.2) is 51.7 Å². The average Bonchev–Trinajstić information content (AvgIpc) is 3.49. The molecule has 252 valence electrons. The van der Waals surface area contributed by atoms with Crippen molar-refractivity contribution < 1.29 is 44.0 Å². The Labute approximate surface area is 282 Å². The number of nitrogens with zero attached hydrogens (tertiary/aromatic N) is 5. The van der Waals surface area contributed by atoms with Crippen molar-refractivity contribution in [2.75, 3.05) is 18.1 Å². The van der Waals surface area contributed by atoms with Gasteiger partial charge in [-0.1, -0.05) is 35.5 Å². The summed E-state index contributed by atoms with van der Waals surface area (Å²) >= 11 is 8.15. The third kappa shape index (κ3) is 7.24. The number of aromatic nitrogens is 5. The summed E-state index contributed by atoms with van der Waals surface area (Å²) in [7, 11) is 0. The number of carboxylic acid groups (broad SMARTS) is 2. The second-order valence-electron chi connectivity index (χ2n) is 10.3. The van der Waals surface area contributed by atoms with Crippen molar-refractivity contribution in [3.8, 4) is 11.5 Å². The molecular weight excluding hydrogens is 696 g/mol. The number of pyridine rings is 1. The fourth-order valence-electron chi connectivity index (χ4n) is 4.71. The van der Waals surface area contributed by atoms with Crippen LogP contribution in [0.3, 0.4) is 0 Å². The maximum atomic E-state index is 13.5. The number of aryl methyl sites for hydroxylation is 1. The first-order valence-electron chi connectivity index (χ1n) is 13.8. The minimum atomic E-state index is -1.38. The summed E-state index contributed by atoms with van der Waals surface area (Å²) in [6, 6.07) is 2.84. The first kappa shape index (κ1) is 34.3. The van der Waals surface area contributed by atoms with Gasteiger partial charge in [0.15, 0.2) is 12.4 Å². The highest BCUT2D eigenvalue weighted by Gasteiger charge is 2.54. The molecule has 0 saturated carbocycles. The third-order valence-electron chi connectivity index (χ3n) is 7.03. The number of H-pyrrole nitrogens is 1. The van der Waals surface area contributed by atoms with Crippen molar-refractivity contribution in [1.82, 2.24) is 40.7 Å². The second kappa shape index (κ2) is 14.4. The number of benzene rings is 1. The lowest BCUT2D eigenvalue weighted by molar-refractivity contribution is -0.151. The zero-order chi connectivity index (χ0) is 34.7. The molecule has 1 aromatic carbocycles. The molecule has 2 aromatic heterocycles. The van der Waals surface area contributed by atoms with Crippen molar-refractivity contribution in [2.45, 2.75) is 36.1 Å². The maximum absolute atomic E-state index is 13.5. The molecule has 3 atom stereocenters. The van der Waals surface area contributed by atoms with E-state index in [0.29, 0.717) is 11.3 Å². The van der Waals surface area contributed by atoms with Crippen LogP contribution in [0.2, 0.25) is 5.02 Å². The normalized spacial score (nSPS) is 17.6. The van der Waals surface area contributed by atoms with E-state index in [1.165, 1.54) is 42.2 Å². The van der Waals surface area contributed by atoms with Crippen LogP contribution < -0.4 is 20.8 Å². The van der Waals surface area contributed by atoms with Crippen molar-refractivity contribution in [2.24, 2.45) is 0 Å². The van der Waals surface area contributed by atoms with Gasteiger partial charge in [-0.2, -0.15) is 0 Å². The number of phenols is 1. The van der Waals surface area contributed by atoms with E-state index in [9.17, 15) is 39.0 Å². The number of phenolic OH excluding ortho intramolecular Hbond substituents is 1. The summed E-state index contributed by atoms with van der Waals surface area (Å²) < 4.78 is 6.35. The fourth-order valence-corrected chi connectivity index (χ4v) is 7.22. The number of carbonyl (C=O) groups excluding carboxylic acids is 3. The molecule has 18 nitrogen and oxygen atoms in total. The number of halogens is 1. The van der Waals surface area contributed by atoms with Gasteiger partial charge in [-0.25, -0.2) is 9.48 Å². The highest BCUT2D eigenvalue weighted by atomic mass is 35.5. The number of ether oxygens (including phenoxy) is 1. The molecule has 3 aromatic rings. The number of rotatable bonds is 13. The number of tetrazole rings is 1. The molecule has 48 heavy (non-hydrogen) atoms. The summed E-state index contributed by atoms with van der Waals surface area (Å²) in [5.74, 6) is -4.99. The van der Waals surface area contributed by atoms with Gasteiger partial charge in [-0.15, -0.1) is 16.9 Å². The molecule has 1 saturated heterocycles. The smallest absolute Gasteiger partial charge is 0.352 e. The second-order valence-corrected chi connectivity index (χ2v) is 12.7. The molecule has 0 spiro atoms. The molecule has 5 rings (SSSR count). The number of aliphatic carboxylic acids is 2. The molecule has 0 radical (unpaired) electrons. The predicted octanol–water partition coefficient (Wildman–Crippen LogP) is -0.119. The number of carboxylic acids is 2. The molecule has 21 heteroatoms. The summed E-state index contributed by atoms with van der Waals surface area (Å²) in [6.07, 6.45) is 1.24. The molecule has 2 aliphatic heterocycles. The van der Waals surface area contributed by atoms with E-state index in [1.807, 2.05) is 0 Å². The van der Waals surface area contributed by atoms with Gasteiger partial charge >= 0.3 is 11.9 Å². The van der Waals surface area contributed by atoms with Crippen LogP contribution in [0, 0.1) is 6.92 Å². The quantitative estimate of drug-likeness (QED) is 0.0994. The number of aromatic amines is 1. The van der Waals surface area contributed by atoms with E-state index >= 15 is 0 Å². The monoisotopic (exact) mass is 720 g/mol. The van der Waals surface area contributed by atoms with Gasteiger partial charge in [0, 0.05) is 23.4 Å². The van der Waals surface area contributed by atoms with Crippen LogP contribution in [0.4, 0.5) is 0 Å². The molecule has 3 amide bonds. The Balaban J connectivity index is 1.28. The summed E-state index contributed by atoms with van der Waals surface area (Å²) in [5.41, 5.74) is 0.0948. The number of thioether (sulfide) groups is 2.